The molecule has 0 radical (unpaired) electrons. The first-order valence-corrected chi connectivity index (χ1v) is 11.7. The zero-order valence-electron chi connectivity index (χ0n) is 19.1. The molecule has 3 heterocycles. The number of hydrazone groups is 1. The van der Waals surface area contributed by atoms with Crippen LogP contribution < -0.4 is 9.64 Å². The van der Waals surface area contributed by atoms with Gasteiger partial charge in [0.1, 0.15) is 11.5 Å². The summed E-state index contributed by atoms with van der Waals surface area (Å²) in [5.74, 6) is 1.13. The van der Waals surface area contributed by atoms with Crippen molar-refractivity contribution >= 4 is 40.3 Å². The minimum absolute atomic E-state index is 0.0738. The number of carbonyl (C=O) groups is 1. The van der Waals surface area contributed by atoms with Gasteiger partial charge >= 0.3 is 0 Å². The second kappa shape index (κ2) is 9.23. The zero-order valence-corrected chi connectivity index (χ0v) is 20.0. The summed E-state index contributed by atoms with van der Waals surface area (Å²) >= 11 is 1.32. The van der Waals surface area contributed by atoms with Crippen molar-refractivity contribution in [2.75, 3.05) is 26.1 Å². The highest BCUT2D eigenvalue weighted by molar-refractivity contribution is 8.18. The number of nitrogens with zero attached hydrogens (tertiary/aromatic N) is 4. The smallest absolute Gasteiger partial charge is 0.286 e. The van der Waals surface area contributed by atoms with Gasteiger partial charge in [0.05, 0.1) is 30.0 Å². The van der Waals surface area contributed by atoms with Gasteiger partial charge in [-0.15, -0.1) is 0 Å². The second-order valence-electron chi connectivity index (χ2n) is 8.15. The fourth-order valence-corrected chi connectivity index (χ4v) is 4.79. The summed E-state index contributed by atoms with van der Waals surface area (Å²) < 4.78 is 10.7. The average Bonchev–Trinajstić information content (AvgIpc) is 3.60. The Labute approximate surface area is 202 Å². The largest absolute Gasteiger partial charge is 0.497 e. The molecule has 1 amide bonds. The van der Waals surface area contributed by atoms with E-state index in [9.17, 15) is 4.79 Å². The molecule has 7 nitrogen and oxygen atoms in total. The Morgan fingerprint density at radius 2 is 1.88 bits per heavy atom. The summed E-state index contributed by atoms with van der Waals surface area (Å²) in [4.78, 5) is 19.6. The third kappa shape index (κ3) is 4.36. The molecule has 1 atom stereocenters. The number of amides is 1. The number of benzene rings is 2. The van der Waals surface area contributed by atoms with Gasteiger partial charge in [0.25, 0.3) is 5.91 Å². The monoisotopic (exact) mass is 472 g/mol. The van der Waals surface area contributed by atoms with Crippen LogP contribution in [0.4, 0.5) is 5.69 Å². The van der Waals surface area contributed by atoms with Crippen LogP contribution in [0.15, 0.2) is 86.3 Å². The Bertz CT molecular complexity index is 1280. The predicted molar refractivity (Wildman–Crippen MR) is 136 cm³/mol. The maximum atomic E-state index is 12.6. The Hall–Kier alpha value is -3.78. The molecule has 0 fully saturated rings. The van der Waals surface area contributed by atoms with Crippen molar-refractivity contribution in [2.45, 2.75) is 12.5 Å². The summed E-state index contributed by atoms with van der Waals surface area (Å²) in [7, 11) is 5.69. The Balaban J connectivity index is 1.48. The molecule has 5 rings (SSSR count). The van der Waals surface area contributed by atoms with E-state index >= 15 is 0 Å². The van der Waals surface area contributed by atoms with Crippen molar-refractivity contribution < 1.29 is 13.9 Å². The quantitative estimate of drug-likeness (QED) is 0.477. The van der Waals surface area contributed by atoms with Gasteiger partial charge in [-0.1, -0.05) is 12.1 Å². The van der Waals surface area contributed by atoms with E-state index < -0.39 is 0 Å². The molecule has 172 valence electrons. The van der Waals surface area contributed by atoms with Crippen LogP contribution in [0.1, 0.15) is 29.3 Å². The van der Waals surface area contributed by atoms with E-state index in [1.54, 1.807) is 25.5 Å². The first-order chi connectivity index (χ1) is 16.5. The minimum Gasteiger partial charge on any atom is -0.497 e. The van der Waals surface area contributed by atoms with Gasteiger partial charge in [-0.2, -0.15) is 10.1 Å². The Morgan fingerprint density at radius 1 is 1.12 bits per heavy atom. The lowest BCUT2D eigenvalue weighted by atomic mass is 9.98. The van der Waals surface area contributed by atoms with Gasteiger partial charge in [-0.3, -0.25) is 4.79 Å². The summed E-state index contributed by atoms with van der Waals surface area (Å²) in [6.45, 7) is 0. The van der Waals surface area contributed by atoms with Crippen molar-refractivity contribution in [3.63, 3.8) is 0 Å². The highest BCUT2D eigenvalue weighted by Gasteiger charge is 2.36. The first kappa shape index (κ1) is 22.0. The topological polar surface area (TPSA) is 70.6 Å². The zero-order chi connectivity index (χ0) is 23.7. The van der Waals surface area contributed by atoms with Gasteiger partial charge in [-0.05, 0) is 71.4 Å². The molecule has 0 bridgehead atoms. The lowest BCUT2D eigenvalue weighted by molar-refractivity contribution is -0.113. The van der Waals surface area contributed by atoms with Crippen molar-refractivity contribution in [1.82, 2.24) is 5.01 Å². The van der Waals surface area contributed by atoms with Gasteiger partial charge < -0.3 is 14.1 Å². The van der Waals surface area contributed by atoms with Crippen molar-refractivity contribution in [1.29, 1.82) is 0 Å². The molecule has 2 aliphatic heterocycles. The SMILES string of the molecule is COc1ccc(C2=NN(C3=NC(=O)/C(=C/c4ccco4)S3)C(c3ccc(N(C)C)cc3)C2)cc1. The number of thioether (sulfide) groups is 1. The fourth-order valence-electron chi connectivity index (χ4n) is 3.90. The maximum Gasteiger partial charge on any atom is 0.286 e. The highest BCUT2D eigenvalue weighted by Crippen LogP contribution is 2.40. The number of aliphatic imine (C=N–C) groups is 1. The van der Waals surface area contributed by atoms with E-state index in [-0.39, 0.29) is 11.9 Å². The van der Waals surface area contributed by atoms with Crippen molar-refractivity contribution in [2.24, 2.45) is 10.1 Å². The third-order valence-corrected chi connectivity index (χ3v) is 6.72. The number of methoxy groups -OCH3 is 1. The molecule has 1 unspecified atom stereocenters. The van der Waals surface area contributed by atoms with Crippen LogP contribution in [0.25, 0.3) is 6.08 Å². The average molecular weight is 473 g/mol. The van der Waals surface area contributed by atoms with Crippen molar-refractivity contribution in [3.8, 4) is 5.75 Å². The van der Waals surface area contributed by atoms with Crippen LogP contribution >= 0.6 is 11.8 Å². The lowest BCUT2D eigenvalue weighted by Gasteiger charge is -2.23. The first-order valence-electron chi connectivity index (χ1n) is 10.9. The summed E-state index contributed by atoms with van der Waals surface area (Å²) in [5, 5.41) is 7.36. The molecule has 2 aliphatic rings. The normalized spacial score (nSPS) is 18.9. The molecule has 0 saturated heterocycles. The van der Waals surface area contributed by atoms with E-state index in [1.807, 2.05) is 49.4 Å². The number of amidine groups is 1. The number of rotatable bonds is 5. The molecule has 0 saturated carbocycles. The van der Waals surface area contributed by atoms with Gasteiger partial charge in [0.15, 0.2) is 5.17 Å². The van der Waals surface area contributed by atoms with Crippen LogP contribution in [-0.4, -0.2) is 43.0 Å². The van der Waals surface area contributed by atoms with E-state index in [1.165, 1.54) is 11.8 Å². The van der Waals surface area contributed by atoms with Gasteiger partial charge in [0.2, 0.25) is 0 Å². The van der Waals surface area contributed by atoms with Crippen LogP contribution in [0.5, 0.6) is 5.75 Å². The van der Waals surface area contributed by atoms with E-state index in [4.69, 9.17) is 14.3 Å². The van der Waals surface area contributed by atoms with Crippen LogP contribution in [-0.2, 0) is 4.79 Å². The number of anilines is 1. The third-order valence-electron chi connectivity index (χ3n) is 5.75. The molecule has 0 spiro atoms. The standard InChI is InChI=1S/C26H24N4O3S/c1-29(2)19-10-6-18(7-11-19)23-16-22(17-8-12-20(32-3)13-9-17)28-30(23)26-27-25(31)24(34-26)15-21-5-4-14-33-21/h4-15,23H,16H2,1-3H3/b24-15-. The number of hydrogen-bond acceptors (Lipinski definition) is 7. The number of furan rings is 1. The number of ether oxygens (including phenoxy) is 1. The van der Waals surface area contributed by atoms with Gasteiger partial charge in [0, 0.05) is 32.3 Å². The second-order valence-corrected chi connectivity index (χ2v) is 9.16. The molecule has 2 aromatic carbocycles. The molecule has 1 aromatic heterocycles. The molecule has 3 aromatic rings. The number of carbonyl (C=O) groups excluding carboxylic acids is 1. The molecular formula is C26H24N4O3S. The highest BCUT2D eigenvalue weighted by atomic mass is 32.2. The molecule has 8 heteroatoms. The molecule has 34 heavy (non-hydrogen) atoms. The van der Waals surface area contributed by atoms with E-state index in [0.29, 0.717) is 22.3 Å². The summed E-state index contributed by atoms with van der Waals surface area (Å²) in [5.41, 5.74) is 4.18. The maximum absolute atomic E-state index is 12.6. The van der Waals surface area contributed by atoms with Crippen LogP contribution in [0, 0.1) is 0 Å². The lowest BCUT2D eigenvalue weighted by Crippen LogP contribution is -2.23. The summed E-state index contributed by atoms with van der Waals surface area (Å²) in [6.07, 6.45) is 3.99. The van der Waals surface area contributed by atoms with E-state index in [0.717, 1.165) is 28.3 Å². The predicted octanol–water partition coefficient (Wildman–Crippen LogP) is 5.18. The van der Waals surface area contributed by atoms with Gasteiger partial charge in [-0.25, -0.2) is 5.01 Å². The Kier molecular flexibility index (Phi) is 5.98. The van der Waals surface area contributed by atoms with Crippen LogP contribution in [0.3, 0.4) is 0 Å². The van der Waals surface area contributed by atoms with E-state index in [2.05, 4.69) is 34.2 Å². The minimum atomic E-state index is -0.286. The summed E-state index contributed by atoms with van der Waals surface area (Å²) in [6, 6.07) is 19.8. The molecule has 0 aliphatic carbocycles. The molecule has 0 N–H and O–H groups in total. The van der Waals surface area contributed by atoms with Crippen molar-refractivity contribution in [3.05, 3.63) is 88.7 Å². The number of hydrogen-bond donors (Lipinski definition) is 0. The Morgan fingerprint density at radius 3 is 2.53 bits per heavy atom. The molecular weight excluding hydrogens is 448 g/mol. The van der Waals surface area contributed by atoms with Crippen LogP contribution in [0.2, 0.25) is 0 Å². The fraction of sp³-hybridized carbons (Fsp3) is 0.192.